The number of aromatic nitrogens is 2. The Labute approximate surface area is 116 Å². The van der Waals surface area contributed by atoms with Crippen LogP contribution >= 0.6 is 39.1 Å². The largest absolute Gasteiger partial charge is 0.486 e. The summed E-state index contributed by atoms with van der Waals surface area (Å²) in [7, 11) is 1.83. The second-order valence-corrected chi connectivity index (χ2v) is 5.21. The van der Waals surface area contributed by atoms with Gasteiger partial charge >= 0.3 is 0 Å². The quantitative estimate of drug-likeness (QED) is 0.928. The number of rotatable bonds is 4. The molecule has 1 N–H and O–H groups in total. The number of ether oxygens (including phenoxy) is 1. The van der Waals surface area contributed by atoms with Crippen LogP contribution in [0.15, 0.2) is 22.7 Å². The summed E-state index contributed by atoms with van der Waals surface area (Å²) in [5, 5.41) is 8.58. The Morgan fingerprint density at radius 2 is 2.35 bits per heavy atom. The van der Waals surface area contributed by atoms with Crippen molar-refractivity contribution in [1.29, 1.82) is 0 Å². The molecule has 0 aliphatic heterocycles. The Balaban J connectivity index is 2.07. The topological polar surface area (TPSA) is 47.0 Å². The summed E-state index contributed by atoms with van der Waals surface area (Å²) >= 11 is 10.5. The van der Waals surface area contributed by atoms with Gasteiger partial charge < -0.3 is 10.1 Å². The van der Waals surface area contributed by atoms with Crippen LogP contribution in [0.2, 0.25) is 5.02 Å². The molecule has 0 aliphatic carbocycles. The van der Waals surface area contributed by atoms with Crippen molar-refractivity contribution >= 4 is 44.1 Å². The lowest BCUT2D eigenvalue weighted by Gasteiger charge is -2.07. The third kappa shape index (κ3) is 3.08. The molecule has 0 unspecified atom stereocenters. The molecule has 7 heteroatoms. The predicted octanol–water partition coefficient (Wildman–Crippen LogP) is 3.57. The van der Waals surface area contributed by atoms with Crippen LogP contribution in [-0.4, -0.2) is 16.6 Å². The molecule has 1 aromatic carbocycles. The first-order valence-electron chi connectivity index (χ1n) is 4.77. The number of hydrogen-bond donors (Lipinski definition) is 1. The first-order chi connectivity index (χ1) is 8.20. The molecule has 0 aliphatic rings. The van der Waals surface area contributed by atoms with Crippen LogP contribution in [0.5, 0.6) is 5.75 Å². The Bertz CT molecular complexity index is 520. The van der Waals surface area contributed by atoms with Gasteiger partial charge in [-0.05, 0) is 34.1 Å². The van der Waals surface area contributed by atoms with E-state index in [0.717, 1.165) is 20.9 Å². The molecule has 1 heterocycles. The molecular weight excluding hydrogens is 326 g/mol. The molecule has 0 bridgehead atoms. The van der Waals surface area contributed by atoms with Crippen molar-refractivity contribution in [3.05, 3.63) is 33.4 Å². The Morgan fingerprint density at radius 3 is 3.06 bits per heavy atom. The molecule has 2 rings (SSSR count). The lowest BCUT2D eigenvalue weighted by Crippen LogP contribution is -1.99. The van der Waals surface area contributed by atoms with Gasteiger partial charge in [-0.3, -0.25) is 0 Å². The fourth-order valence-corrected chi connectivity index (χ4v) is 2.55. The van der Waals surface area contributed by atoms with E-state index in [1.54, 1.807) is 12.1 Å². The van der Waals surface area contributed by atoms with E-state index in [0.29, 0.717) is 11.6 Å². The van der Waals surface area contributed by atoms with Gasteiger partial charge in [-0.15, -0.1) is 5.10 Å². The highest BCUT2D eigenvalue weighted by Crippen LogP contribution is 2.29. The average Bonchev–Trinajstić information content (AvgIpc) is 2.75. The van der Waals surface area contributed by atoms with Crippen LogP contribution < -0.4 is 10.1 Å². The maximum Gasteiger partial charge on any atom is 0.136 e. The number of nitrogens with zero attached hydrogens (tertiary/aromatic N) is 2. The molecule has 1 aromatic heterocycles. The van der Waals surface area contributed by atoms with E-state index in [1.807, 2.05) is 13.1 Å². The van der Waals surface area contributed by atoms with Crippen molar-refractivity contribution in [2.75, 3.05) is 12.4 Å². The van der Waals surface area contributed by atoms with Crippen molar-refractivity contribution in [1.82, 2.24) is 9.59 Å². The number of anilines is 1. The number of nitrogens with one attached hydrogen (secondary N) is 1. The summed E-state index contributed by atoms with van der Waals surface area (Å²) in [6, 6.07) is 5.38. The van der Waals surface area contributed by atoms with Gasteiger partial charge in [0, 0.05) is 23.6 Å². The van der Waals surface area contributed by atoms with Crippen LogP contribution in [-0.2, 0) is 6.61 Å². The van der Waals surface area contributed by atoms with Gasteiger partial charge in [0.15, 0.2) is 0 Å². The summed E-state index contributed by atoms with van der Waals surface area (Å²) < 4.78 is 10.3. The van der Waals surface area contributed by atoms with Crippen LogP contribution in [0.4, 0.5) is 5.00 Å². The smallest absolute Gasteiger partial charge is 0.136 e. The SMILES string of the molecule is CNc1snnc1COc1ccc(Cl)cc1Br. The third-order valence-corrected chi connectivity index (χ3v) is 3.68. The molecule has 0 saturated carbocycles. The first kappa shape index (κ1) is 12.6. The zero-order valence-corrected chi connectivity index (χ0v) is 12.1. The molecule has 0 spiro atoms. The van der Waals surface area contributed by atoms with E-state index < -0.39 is 0 Å². The molecule has 0 amide bonds. The monoisotopic (exact) mass is 333 g/mol. The van der Waals surface area contributed by atoms with Gasteiger partial charge in [-0.25, -0.2) is 0 Å². The van der Waals surface area contributed by atoms with E-state index >= 15 is 0 Å². The fraction of sp³-hybridized carbons (Fsp3) is 0.200. The predicted molar refractivity (Wildman–Crippen MR) is 72.9 cm³/mol. The molecule has 0 fully saturated rings. The summed E-state index contributed by atoms with van der Waals surface area (Å²) in [4.78, 5) is 0. The standard InChI is InChI=1S/C10H9BrClN3OS/c1-13-10-8(14-15-17-10)5-16-9-3-2-6(12)4-7(9)11/h2-4,13H,5H2,1H3. The second-order valence-electron chi connectivity index (χ2n) is 3.16. The second kappa shape index (κ2) is 5.66. The van der Waals surface area contributed by atoms with Gasteiger partial charge in [-0.2, -0.15) is 0 Å². The van der Waals surface area contributed by atoms with E-state index in [9.17, 15) is 0 Å². The summed E-state index contributed by atoms with van der Waals surface area (Å²) in [6.45, 7) is 0.368. The number of hydrogen-bond acceptors (Lipinski definition) is 5. The van der Waals surface area contributed by atoms with Gasteiger partial charge in [-0.1, -0.05) is 16.1 Å². The maximum absolute atomic E-state index is 5.85. The minimum Gasteiger partial charge on any atom is -0.486 e. The van der Waals surface area contributed by atoms with Crippen molar-refractivity contribution in [2.45, 2.75) is 6.61 Å². The van der Waals surface area contributed by atoms with Gasteiger partial charge in [0.1, 0.15) is 23.1 Å². The van der Waals surface area contributed by atoms with Gasteiger partial charge in [0.25, 0.3) is 0 Å². The van der Waals surface area contributed by atoms with Crippen LogP contribution in [0.3, 0.4) is 0 Å². The maximum atomic E-state index is 5.85. The molecule has 2 aromatic rings. The molecule has 17 heavy (non-hydrogen) atoms. The average molecular weight is 335 g/mol. The van der Waals surface area contributed by atoms with Gasteiger partial charge in [0.2, 0.25) is 0 Å². The number of benzene rings is 1. The van der Waals surface area contributed by atoms with Gasteiger partial charge in [0.05, 0.1) is 4.47 Å². The first-order valence-corrected chi connectivity index (χ1v) is 6.72. The Hall–Kier alpha value is -0.850. The molecule has 0 saturated heterocycles. The number of halogens is 2. The van der Waals surface area contributed by atoms with Crippen LogP contribution in [0.1, 0.15) is 5.69 Å². The molecule has 0 atom stereocenters. The normalized spacial score (nSPS) is 10.3. The highest BCUT2D eigenvalue weighted by Gasteiger charge is 2.08. The van der Waals surface area contributed by atoms with E-state index in [-0.39, 0.29) is 0 Å². The third-order valence-electron chi connectivity index (χ3n) is 2.04. The van der Waals surface area contributed by atoms with Crippen molar-refractivity contribution < 1.29 is 4.74 Å². The Morgan fingerprint density at radius 1 is 1.53 bits per heavy atom. The fourth-order valence-electron chi connectivity index (χ4n) is 1.23. The zero-order valence-electron chi connectivity index (χ0n) is 8.91. The van der Waals surface area contributed by atoms with E-state index in [2.05, 4.69) is 30.8 Å². The lowest BCUT2D eigenvalue weighted by atomic mass is 10.3. The highest BCUT2D eigenvalue weighted by molar-refractivity contribution is 9.10. The lowest BCUT2D eigenvalue weighted by molar-refractivity contribution is 0.300. The van der Waals surface area contributed by atoms with Crippen molar-refractivity contribution in [3.63, 3.8) is 0 Å². The zero-order chi connectivity index (χ0) is 12.3. The van der Waals surface area contributed by atoms with Crippen molar-refractivity contribution in [2.24, 2.45) is 0 Å². The summed E-state index contributed by atoms with van der Waals surface area (Å²) in [5.41, 5.74) is 0.791. The van der Waals surface area contributed by atoms with Crippen LogP contribution in [0, 0.1) is 0 Å². The van der Waals surface area contributed by atoms with E-state index in [1.165, 1.54) is 11.5 Å². The minimum atomic E-state index is 0.368. The summed E-state index contributed by atoms with van der Waals surface area (Å²) in [6.07, 6.45) is 0. The Kier molecular flexibility index (Phi) is 4.20. The molecule has 0 radical (unpaired) electrons. The molecule has 90 valence electrons. The summed E-state index contributed by atoms with van der Waals surface area (Å²) in [5.74, 6) is 0.726. The highest BCUT2D eigenvalue weighted by atomic mass is 79.9. The minimum absolute atomic E-state index is 0.368. The molecular formula is C10H9BrClN3OS. The van der Waals surface area contributed by atoms with Crippen molar-refractivity contribution in [3.8, 4) is 5.75 Å². The van der Waals surface area contributed by atoms with E-state index in [4.69, 9.17) is 16.3 Å². The van der Waals surface area contributed by atoms with Crippen LogP contribution in [0.25, 0.3) is 0 Å². The molecule has 4 nitrogen and oxygen atoms in total.